The molecule has 9 heteroatoms. The molecule has 1 saturated heterocycles. The van der Waals surface area contributed by atoms with E-state index in [2.05, 4.69) is 44.8 Å². The Morgan fingerprint density at radius 3 is 2.39 bits per heavy atom. The van der Waals surface area contributed by atoms with Gasteiger partial charge in [0.15, 0.2) is 5.96 Å². The van der Waals surface area contributed by atoms with Gasteiger partial charge in [0.2, 0.25) is 10.0 Å². The van der Waals surface area contributed by atoms with Crippen molar-refractivity contribution in [1.82, 2.24) is 15.5 Å². The number of rotatable bonds is 8. The van der Waals surface area contributed by atoms with Crippen molar-refractivity contribution < 1.29 is 13.2 Å². The lowest BCUT2D eigenvalue weighted by atomic mass is 10.1. The Bertz CT molecular complexity index is 971. The van der Waals surface area contributed by atoms with Gasteiger partial charge in [0.05, 0.1) is 18.1 Å². The van der Waals surface area contributed by atoms with Gasteiger partial charge in [-0.25, -0.2) is 13.6 Å². The summed E-state index contributed by atoms with van der Waals surface area (Å²) < 4.78 is 28.1. The molecule has 168 valence electrons. The number of nitrogens with zero attached hydrogens (tertiary/aromatic N) is 2. The summed E-state index contributed by atoms with van der Waals surface area (Å²) in [6, 6.07) is 15.1. The van der Waals surface area contributed by atoms with Crippen LogP contribution in [0.2, 0.25) is 0 Å². The summed E-state index contributed by atoms with van der Waals surface area (Å²) in [4.78, 5) is 6.83. The molecule has 3 rings (SSSR count). The molecule has 0 amide bonds. The molecular weight excluding hydrogens is 414 g/mol. The molecule has 0 atom stereocenters. The SMILES string of the molecule is CN=C(NCCc1ccc(S(N)(=O)=O)cc1)NCc1ccccc1CN1CCOCC1. The topological polar surface area (TPSA) is 109 Å². The highest BCUT2D eigenvalue weighted by Crippen LogP contribution is 2.13. The summed E-state index contributed by atoms with van der Waals surface area (Å²) in [6.07, 6.45) is 0.735. The quantitative estimate of drug-likeness (QED) is 0.414. The molecule has 2 aromatic rings. The van der Waals surface area contributed by atoms with Crippen molar-refractivity contribution in [1.29, 1.82) is 0 Å². The molecule has 0 unspecified atom stereocenters. The number of guanidine groups is 1. The summed E-state index contributed by atoms with van der Waals surface area (Å²) in [7, 11) is -1.91. The number of benzene rings is 2. The zero-order chi connectivity index (χ0) is 22.1. The van der Waals surface area contributed by atoms with Gasteiger partial charge in [-0.3, -0.25) is 9.89 Å². The minimum Gasteiger partial charge on any atom is -0.379 e. The van der Waals surface area contributed by atoms with E-state index in [0.717, 1.165) is 50.8 Å². The van der Waals surface area contributed by atoms with Crippen LogP contribution in [0, 0.1) is 0 Å². The van der Waals surface area contributed by atoms with Gasteiger partial charge in [-0.05, 0) is 35.2 Å². The first-order chi connectivity index (χ1) is 15.0. The third-order valence-electron chi connectivity index (χ3n) is 5.24. The van der Waals surface area contributed by atoms with Crippen LogP contribution in [0.15, 0.2) is 58.4 Å². The van der Waals surface area contributed by atoms with E-state index in [-0.39, 0.29) is 4.90 Å². The lowest BCUT2D eigenvalue weighted by Gasteiger charge is -2.27. The van der Waals surface area contributed by atoms with E-state index in [1.165, 1.54) is 23.3 Å². The van der Waals surface area contributed by atoms with E-state index in [0.29, 0.717) is 13.1 Å². The molecule has 1 fully saturated rings. The highest BCUT2D eigenvalue weighted by Gasteiger charge is 2.13. The van der Waals surface area contributed by atoms with Crippen molar-refractivity contribution in [3.05, 3.63) is 65.2 Å². The minimum absolute atomic E-state index is 0.123. The van der Waals surface area contributed by atoms with E-state index in [1.807, 2.05) is 0 Å². The molecule has 0 aromatic heterocycles. The summed E-state index contributed by atoms with van der Waals surface area (Å²) in [5.41, 5.74) is 3.57. The maximum absolute atomic E-state index is 11.3. The second-order valence-electron chi connectivity index (χ2n) is 7.45. The first-order valence-electron chi connectivity index (χ1n) is 10.4. The van der Waals surface area contributed by atoms with Gasteiger partial charge in [0, 0.05) is 39.8 Å². The maximum atomic E-state index is 11.3. The predicted octanol–water partition coefficient (Wildman–Crippen LogP) is 1.07. The highest BCUT2D eigenvalue weighted by molar-refractivity contribution is 7.89. The summed E-state index contributed by atoms with van der Waals surface area (Å²) in [6.45, 7) is 5.78. The number of nitrogens with two attached hydrogens (primary N) is 1. The first kappa shape index (κ1) is 23.2. The second kappa shape index (κ2) is 11.2. The highest BCUT2D eigenvalue weighted by atomic mass is 32.2. The lowest BCUT2D eigenvalue weighted by Crippen LogP contribution is -2.38. The Labute approximate surface area is 184 Å². The molecule has 31 heavy (non-hydrogen) atoms. The number of ether oxygens (including phenoxy) is 1. The Kier molecular flexibility index (Phi) is 8.42. The predicted molar refractivity (Wildman–Crippen MR) is 122 cm³/mol. The number of primary sulfonamides is 1. The van der Waals surface area contributed by atoms with Crippen LogP contribution in [-0.4, -0.2) is 59.2 Å². The van der Waals surface area contributed by atoms with Crippen molar-refractivity contribution in [2.24, 2.45) is 10.1 Å². The molecule has 0 radical (unpaired) electrons. The van der Waals surface area contributed by atoms with E-state index >= 15 is 0 Å². The fourth-order valence-electron chi connectivity index (χ4n) is 3.45. The van der Waals surface area contributed by atoms with Gasteiger partial charge in [-0.1, -0.05) is 36.4 Å². The van der Waals surface area contributed by atoms with Gasteiger partial charge in [-0.2, -0.15) is 0 Å². The summed E-state index contributed by atoms with van der Waals surface area (Å²) in [5, 5.41) is 11.8. The van der Waals surface area contributed by atoms with E-state index in [4.69, 9.17) is 9.88 Å². The minimum atomic E-state index is -3.66. The van der Waals surface area contributed by atoms with Crippen LogP contribution in [-0.2, 0) is 34.3 Å². The monoisotopic (exact) mass is 445 g/mol. The average molecular weight is 446 g/mol. The average Bonchev–Trinajstić information content (AvgIpc) is 2.77. The van der Waals surface area contributed by atoms with Gasteiger partial charge in [0.25, 0.3) is 0 Å². The van der Waals surface area contributed by atoms with Crippen molar-refractivity contribution >= 4 is 16.0 Å². The van der Waals surface area contributed by atoms with Crippen LogP contribution >= 0.6 is 0 Å². The van der Waals surface area contributed by atoms with Gasteiger partial charge >= 0.3 is 0 Å². The van der Waals surface area contributed by atoms with E-state index < -0.39 is 10.0 Å². The number of hydrogen-bond donors (Lipinski definition) is 3. The van der Waals surface area contributed by atoms with Crippen LogP contribution in [0.4, 0.5) is 0 Å². The molecule has 0 bridgehead atoms. The summed E-state index contributed by atoms with van der Waals surface area (Å²) in [5.74, 6) is 0.724. The third kappa shape index (κ3) is 7.32. The molecule has 2 aromatic carbocycles. The largest absolute Gasteiger partial charge is 0.379 e. The molecule has 0 saturated carbocycles. The van der Waals surface area contributed by atoms with Crippen LogP contribution in [0.3, 0.4) is 0 Å². The first-order valence-corrected chi connectivity index (χ1v) is 11.9. The van der Waals surface area contributed by atoms with Crippen molar-refractivity contribution in [3.63, 3.8) is 0 Å². The van der Waals surface area contributed by atoms with E-state index in [9.17, 15) is 8.42 Å². The molecule has 0 spiro atoms. The van der Waals surface area contributed by atoms with Crippen molar-refractivity contribution in [3.8, 4) is 0 Å². The Hall–Kier alpha value is -2.46. The number of hydrogen-bond acceptors (Lipinski definition) is 5. The third-order valence-corrected chi connectivity index (χ3v) is 6.17. The Balaban J connectivity index is 1.48. The molecule has 1 aliphatic heterocycles. The second-order valence-corrected chi connectivity index (χ2v) is 9.01. The van der Waals surface area contributed by atoms with Crippen LogP contribution < -0.4 is 15.8 Å². The number of sulfonamides is 1. The van der Waals surface area contributed by atoms with Crippen LogP contribution in [0.1, 0.15) is 16.7 Å². The normalized spacial score (nSPS) is 15.6. The fraction of sp³-hybridized carbons (Fsp3) is 0.409. The molecule has 1 heterocycles. The number of morpholine rings is 1. The molecular formula is C22H31N5O3S. The van der Waals surface area contributed by atoms with Crippen LogP contribution in [0.25, 0.3) is 0 Å². The molecule has 1 aliphatic rings. The maximum Gasteiger partial charge on any atom is 0.238 e. The Morgan fingerprint density at radius 1 is 1.06 bits per heavy atom. The standard InChI is InChI=1S/C22H31N5O3S/c1-24-22(25-11-10-18-6-8-21(9-7-18)31(23,28)29)26-16-19-4-2-3-5-20(19)17-27-12-14-30-15-13-27/h2-9H,10-17H2,1H3,(H2,23,28,29)(H2,24,25,26). The summed E-state index contributed by atoms with van der Waals surface area (Å²) >= 11 is 0. The van der Waals surface area contributed by atoms with Gasteiger partial charge in [0.1, 0.15) is 0 Å². The smallest absolute Gasteiger partial charge is 0.238 e. The van der Waals surface area contributed by atoms with Crippen LogP contribution in [0.5, 0.6) is 0 Å². The van der Waals surface area contributed by atoms with Crippen molar-refractivity contribution in [2.75, 3.05) is 39.9 Å². The fourth-order valence-corrected chi connectivity index (χ4v) is 3.97. The number of nitrogens with one attached hydrogen (secondary N) is 2. The number of aliphatic imine (C=N–C) groups is 1. The van der Waals surface area contributed by atoms with Gasteiger partial charge < -0.3 is 15.4 Å². The molecule has 0 aliphatic carbocycles. The zero-order valence-electron chi connectivity index (χ0n) is 17.9. The van der Waals surface area contributed by atoms with Gasteiger partial charge in [-0.15, -0.1) is 0 Å². The lowest BCUT2D eigenvalue weighted by molar-refractivity contribution is 0.0341. The van der Waals surface area contributed by atoms with Crippen molar-refractivity contribution in [2.45, 2.75) is 24.4 Å². The Morgan fingerprint density at radius 2 is 1.74 bits per heavy atom. The zero-order valence-corrected chi connectivity index (χ0v) is 18.7. The molecule has 8 nitrogen and oxygen atoms in total. The van der Waals surface area contributed by atoms with E-state index in [1.54, 1.807) is 19.2 Å². The molecule has 4 N–H and O–H groups in total.